The van der Waals surface area contributed by atoms with E-state index in [9.17, 15) is 24.4 Å². The number of nitro groups is 1. The van der Waals surface area contributed by atoms with Gasteiger partial charge in [-0.25, -0.2) is 4.39 Å². The number of carbonyl (C=O) groups excluding carboxylic acids is 1. The molecule has 114 valence electrons. The van der Waals surface area contributed by atoms with Crippen LogP contribution in [0.5, 0.6) is 0 Å². The van der Waals surface area contributed by atoms with E-state index in [-0.39, 0.29) is 17.8 Å². The van der Waals surface area contributed by atoms with Crippen LogP contribution in [0.4, 0.5) is 10.1 Å². The van der Waals surface area contributed by atoms with Crippen molar-refractivity contribution in [2.45, 2.75) is 6.10 Å². The average molecular weight is 304 g/mol. The normalized spacial score (nSPS) is 11.7. The summed E-state index contributed by atoms with van der Waals surface area (Å²) in [5.74, 6) is -0.886. The van der Waals surface area contributed by atoms with Crippen LogP contribution in [0.1, 0.15) is 22.0 Å². The van der Waals surface area contributed by atoms with Crippen molar-refractivity contribution in [3.8, 4) is 0 Å². The lowest BCUT2D eigenvalue weighted by Gasteiger charge is -2.12. The van der Waals surface area contributed by atoms with Crippen LogP contribution in [0.2, 0.25) is 0 Å². The van der Waals surface area contributed by atoms with E-state index in [0.717, 1.165) is 0 Å². The van der Waals surface area contributed by atoms with E-state index in [4.69, 9.17) is 0 Å². The Balaban J connectivity index is 1.94. The van der Waals surface area contributed by atoms with Crippen molar-refractivity contribution in [2.75, 3.05) is 6.54 Å². The zero-order valence-corrected chi connectivity index (χ0v) is 11.4. The van der Waals surface area contributed by atoms with Crippen LogP contribution in [-0.4, -0.2) is 22.5 Å². The highest BCUT2D eigenvalue weighted by Crippen LogP contribution is 2.17. The molecule has 0 heterocycles. The number of hydrogen-bond donors (Lipinski definition) is 2. The molecule has 0 unspecified atom stereocenters. The highest BCUT2D eigenvalue weighted by atomic mass is 19.1. The highest BCUT2D eigenvalue weighted by Gasteiger charge is 2.12. The van der Waals surface area contributed by atoms with E-state index in [1.54, 1.807) is 0 Å². The Morgan fingerprint density at radius 2 is 1.77 bits per heavy atom. The van der Waals surface area contributed by atoms with E-state index in [1.807, 2.05) is 0 Å². The van der Waals surface area contributed by atoms with Crippen molar-refractivity contribution >= 4 is 11.6 Å². The van der Waals surface area contributed by atoms with Crippen LogP contribution >= 0.6 is 0 Å². The Morgan fingerprint density at radius 3 is 2.32 bits per heavy atom. The van der Waals surface area contributed by atoms with Gasteiger partial charge in [0.2, 0.25) is 0 Å². The van der Waals surface area contributed by atoms with E-state index >= 15 is 0 Å². The van der Waals surface area contributed by atoms with E-state index < -0.39 is 22.8 Å². The van der Waals surface area contributed by atoms with E-state index in [0.29, 0.717) is 5.56 Å². The molecule has 2 N–H and O–H groups in total. The van der Waals surface area contributed by atoms with Crippen LogP contribution in [0.3, 0.4) is 0 Å². The second-order valence-corrected chi connectivity index (χ2v) is 4.58. The summed E-state index contributed by atoms with van der Waals surface area (Å²) in [5.41, 5.74) is 0.647. The molecule has 2 aromatic carbocycles. The molecule has 1 amide bonds. The number of nitrogens with zero attached hydrogens (tertiary/aromatic N) is 1. The summed E-state index contributed by atoms with van der Waals surface area (Å²) in [5, 5.41) is 23.0. The van der Waals surface area contributed by atoms with Gasteiger partial charge >= 0.3 is 0 Å². The summed E-state index contributed by atoms with van der Waals surface area (Å²) in [6.45, 7) is -0.0615. The van der Waals surface area contributed by atoms with Gasteiger partial charge in [-0.15, -0.1) is 0 Å². The average Bonchev–Trinajstić information content (AvgIpc) is 2.53. The molecule has 0 radical (unpaired) electrons. The molecule has 0 aliphatic heterocycles. The molecule has 1 atom stereocenters. The first-order valence-electron chi connectivity index (χ1n) is 6.43. The maximum absolute atomic E-state index is 12.8. The molecule has 22 heavy (non-hydrogen) atoms. The Hall–Kier alpha value is -2.80. The summed E-state index contributed by atoms with van der Waals surface area (Å²) in [6, 6.07) is 10.4. The van der Waals surface area contributed by atoms with Gasteiger partial charge < -0.3 is 10.4 Å². The molecule has 0 aromatic heterocycles. The van der Waals surface area contributed by atoms with Gasteiger partial charge in [-0.3, -0.25) is 14.9 Å². The minimum Gasteiger partial charge on any atom is -0.387 e. The van der Waals surface area contributed by atoms with Crippen LogP contribution in [-0.2, 0) is 0 Å². The van der Waals surface area contributed by atoms with Gasteiger partial charge in [-0.1, -0.05) is 0 Å². The molecule has 0 saturated heterocycles. The van der Waals surface area contributed by atoms with Crippen molar-refractivity contribution < 1.29 is 19.2 Å². The van der Waals surface area contributed by atoms with E-state index in [1.165, 1.54) is 48.5 Å². The number of nitro benzene ring substituents is 1. The molecule has 0 aliphatic rings. The third-order valence-electron chi connectivity index (χ3n) is 3.05. The number of aliphatic hydroxyl groups excluding tert-OH is 1. The number of carbonyl (C=O) groups is 1. The third-order valence-corrected chi connectivity index (χ3v) is 3.05. The summed E-state index contributed by atoms with van der Waals surface area (Å²) in [6.07, 6.45) is -0.995. The zero-order chi connectivity index (χ0) is 16.1. The van der Waals surface area contributed by atoms with Crippen molar-refractivity contribution in [3.63, 3.8) is 0 Å². The van der Waals surface area contributed by atoms with Crippen LogP contribution in [0.25, 0.3) is 0 Å². The fourth-order valence-corrected chi connectivity index (χ4v) is 1.83. The Morgan fingerprint density at radius 1 is 1.18 bits per heavy atom. The molecule has 2 rings (SSSR count). The number of hydrogen-bond acceptors (Lipinski definition) is 4. The smallest absolute Gasteiger partial charge is 0.269 e. The lowest BCUT2D eigenvalue weighted by molar-refractivity contribution is -0.384. The highest BCUT2D eigenvalue weighted by molar-refractivity contribution is 5.94. The minimum atomic E-state index is -0.995. The molecule has 0 aliphatic carbocycles. The molecule has 2 aromatic rings. The first kappa shape index (κ1) is 15.6. The number of benzene rings is 2. The number of nitrogens with one attached hydrogen (secondary N) is 1. The fourth-order valence-electron chi connectivity index (χ4n) is 1.83. The third kappa shape index (κ3) is 3.86. The first-order valence-corrected chi connectivity index (χ1v) is 6.43. The van der Waals surface area contributed by atoms with Gasteiger partial charge in [-0.2, -0.15) is 0 Å². The minimum absolute atomic E-state index is 0.0615. The van der Waals surface area contributed by atoms with Crippen LogP contribution in [0.15, 0.2) is 48.5 Å². The van der Waals surface area contributed by atoms with Crippen molar-refractivity contribution in [1.29, 1.82) is 0 Å². The largest absolute Gasteiger partial charge is 0.387 e. The molecule has 6 nitrogen and oxygen atoms in total. The Kier molecular flexibility index (Phi) is 4.80. The first-order chi connectivity index (χ1) is 10.5. The van der Waals surface area contributed by atoms with Gasteiger partial charge in [0, 0.05) is 24.2 Å². The quantitative estimate of drug-likeness (QED) is 0.654. The lowest BCUT2D eigenvalue weighted by atomic mass is 10.1. The standard InChI is InChI=1S/C15H13FN2O4/c16-12-5-1-11(2-6-12)15(20)17-9-14(19)10-3-7-13(8-4-10)18(21)22/h1-8,14,19H,9H2,(H,17,20)/t14-/m0/s1. The lowest BCUT2D eigenvalue weighted by Crippen LogP contribution is -2.28. The summed E-state index contributed by atoms with van der Waals surface area (Å²) < 4.78 is 12.8. The summed E-state index contributed by atoms with van der Waals surface area (Å²) in [7, 11) is 0. The SMILES string of the molecule is O=C(NC[C@H](O)c1ccc([N+](=O)[O-])cc1)c1ccc(F)cc1. The number of halogens is 1. The molecule has 0 saturated carbocycles. The van der Waals surface area contributed by atoms with Gasteiger partial charge in [0.15, 0.2) is 0 Å². The summed E-state index contributed by atoms with van der Waals surface area (Å²) >= 11 is 0. The number of non-ortho nitro benzene ring substituents is 1. The molecular formula is C15H13FN2O4. The molecule has 0 spiro atoms. The number of aliphatic hydroxyl groups is 1. The van der Waals surface area contributed by atoms with Crippen LogP contribution < -0.4 is 5.32 Å². The Labute approximate surface area is 125 Å². The molecule has 0 bridgehead atoms. The molecular weight excluding hydrogens is 291 g/mol. The molecule has 7 heteroatoms. The number of rotatable bonds is 5. The fraction of sp³-hybridized carbons (Fsp3) is 0.133. The van der Waals surface area contributed by atoms with Crippen molar-refractivity contribution in [2.24, 2.45) is 0 Å². The van der Waals surface area contributed by atoms with Gasteiger partial charge in [0.05, 0.1) is 11.0 Å². The van der Waals surface area contributed by atoms with Gasteiger partial charge in [-0.05, 0) is 42.0 Å². The van der Waals surface area contributed by atoms with E-state index in [2.05, 4.69) is 5.32 Å². The van der Waals surface area contributed by atoms with Gasteiger partial charge in [0.25, 0.3) is 11.6 Å². The maximum Gasteiger partial charge on any atom is 0.269 e. The second-order valence-electron chi connectivity index (χ2n) is 4.58. The Bertz CT molecular complexity index is 671. The topological polar surface area (TPSA) is 92.5 Å². The predicted molar refractivity (Wildman–Crippen MR) is 76.8 cm³/mol. The second kappa shape index (κ2) is 6.77. The zero-order valence-electron chi connectivity index (χ0n) is 11.4. The number of amides is 1. The van der Waals surface area contributed by atoms with Crippen molar-refractivity contribution in [3.05, 3.63) is 75.6 Å². The van der Waals surface area contributed by atoms with Gasteiger partial charge in [0.1, 0.15) is 5.82 Å². The van der Waals surface area contributed by atoms with Crippen LogP contribution in [0, 0.1) is 15.9 Å². The summed E-state index contributed by atoms with van der Waals surface area (Å²) in [4.78, 5) is 21.8. The predicted octanol–water partition coefficient (Wildman–Crippen LogP) is 2.20. The maximum atomic E-state index is 12.8. The van der Waals surface area contributed by atoms with Crippen molar-refractivity contribution in [1.82, 2.24) is 5.32 Å². The monoisotopic (exact) mass is 304 g/mol. The molecule has 0 fully saturated rings.